The van der Waals surface area contributed by atoms with Crippen molar-refractivity contribution in [1.29, 1.82) is 0 Å². The minimum Gasteiger partial charge on any atom is -0.366 e. The lowest BCUT2D eigenvalue weighted by Crippen LogP contribution is -2.44. The van der Waals surface area contributed by atoms with Gasteiger partial charge in [0.2, 0.25) is 5.95 Å². The molecule has 5 rings (SSSR count). The Morgan fingerprint density at radius 3 is 2.40 bits per heavy atom. The molecule has 1 aliphatic rings. The largest absolute Gasteiger partial charge is 0.366 e. The minimum atomic E-state index is -0.335. The maximum Gasteiger partial charge on any atom is 0.228 e. The summed E-state index contributed by atoms with van der Waals surface area (Å²) in [5.41, 5.74) is 3.81. The number of aryl methyl sites for hydroxylation is 1. The van der Waals surface area contributed by atoms with Crippen LogP contribution in [0.1, 0.15) is 25.7 Å². The monoisotopic (exact) mass is 492 g/mol. The summed E-state index contributed by atoms with van der Waals surface area (Å²) in [6, 6.07) is 5.59. The van der Waals surface area contributed by atoms with Crippen molar-refractivity contribution >= 4 is 43.0 Å². The number of likely N-dealkylation sites (N-methyl/N-ethyl adjacent to an activating group) is 1. The summed E-state index contributed by atoms with van der Waals surface area (Å²) >= 11 is 0. The molecule has 0 spiro atoms. The van der Waals surface area contributed by atoms with Gasteiger partial charge in [-0.2, -0.15) is 0 Å². The molecule has 8 nitrogen and oxygen atoms in total. The Kier molecular flexibility index (Phi) is 6.38. The molecule has 0 saturated carbocycles. The van der Waals surface area contributed by atoms with E-state index in [4.69, 9.17) is 0 Å². The van der Waals surface area contributed by atoms with Gasteiger partial charge in [-0.05, 0) is 62.4 Å². The van der Waals surface area contributed by atoms with Gasteiger partial charge < -0.3 is 19.7 Å². The van der Waals surface area contributed by atoms with Crippen molar-refractivity contribution in [2.75, 3.05) is 43.4 Å². The van der Waals surface area contributed by atoms with Gasteiger partial charge >= 0.3 is 0 Å². The van der Waals surface area contributed by atoms with Crippen LogP contribution in [-0.2, 0) is 0 Å². The Morgan fingerprint density at radius 2 is 1.71 bits per heavy atom. The molecule has 1 aliphatic heterocycles. The fourth-order valence-electron chi connectivity index (χ4n) is 4.59. The van der Waals surface area contributed by atoms with E-state index < -0.39 is 0 Å². The summed E-state index contributed by atoms with van der Waals surface area (Å²) in [6.07, 6.45) is 5.42. The number of nitrogens with zero attached hydrogens (tertiary/aromatic N) is 7. The number of aromatic nitrogens is 5. The molecule has 0 radical (unpaired) electrons. The summed E-state index contributed by atoms with van der Waals surface area (Å²) in [7, 11) is 4.82. The number of hydrogen-bond donors (Lipinski definition) is 1. The van der Waals surface area contributed by atoms with Gasteiger partial charge in [-0.15, -0.1) is 9.24 Å². The van der Waals surface area contributed by atoms with E-state index in [1.807, 2.05) is 31.5 Å². The highest BCUT2D eigenvalue weighted by Gasteiger charge is 2.18. The first-order valence-corrected chi connectivity index (χ1v) is 12.3. The van der Waals surface area contributed by atoms with E-state index in [-0.39, 0.29) is 11.9 Å². The van der Waals surface area contributed by atoms with E-state index in [9.17, 15) is 0 Å². The number of anilines is 3. The Morgan fingerprint density at radius 1 is 1.00 bits per heavy atom. The van der Waals surface area contributed by atoms with Crippen molar-refractivity contribution < 1.29 is 4.39 Å². The molecule has 4 heterocycles. The van der Waals surface area contributed by atoms with Crippen LogP contribution >= 0.6 is 9.24 Å². The number of piperazine rings is 1. The van der Waals surface area contributed by atoms with E-state index in [1.54, 1.807) is 6.20 Å². The molecule has 35 heavy (non-hydrogen) atoms. The van der Waals surface area contributed by atoms with Crippen molar-refractivity contribution in [3.8, 4) is 11.1 Å². The second-order valence-electron chi connectivity index (χ2n) is 9.29. The van der Waals surface area contributed by atoms with E-state index in [1.165, 1.54) is 6.07 Å². The maximum atomic E-state index is 15.0. The Hall–Kier alpha value is -3.16. The molecule has 3 aromatic heterocycles. The normalized spacial score (nSPS) is 14.8. The smallest absolute Gasteiger partial charge is 0.228 e. The number of pyridine rings is 1. The van der Waals surface area contributed by atoms with Crippen LogP contribution in [0.25, 0.3) is 22.2 Å². The number of rotatable bonds is 5. The molecule has 4 aromatic rings. The highest BCUT2D eigenvalue weighted by Crippen LogP contribution is 2.30. The van der Waals surface area contributed by atoms with Crippen LogP contribution in [0.2, 0.25) is 0 Å². The third kappa shape index (κ3) is 4.70. The van der Waals surface area contributed by atoms with Crippen molar-refractivity contribution in [2.45, 2.75) is 26.8 Å². The van der Waals surface area contributed by atoms with Crippen LogP contribution in [0.3, 0.4) is 0 Å². The quantitative estimate of drug-likeness (QED) is 0.424. The average Bonchev–Trinajstić information content (AvgIpc) is 3.18. The van der Waals surface area contributed by atoms with Gasteiger partial charge in [-0.3, -0.25) is 0 Å². The van der Waals surface area contributed by atoms with Crippen molar-refractivity contribution in [3.63, 3.8) is 0 Å². The molecule has 10 heteroatoms. The van der Waals surface area contributed by atoms with Crippen LogP contribution < -0.4 is 15.5 Å². The Bertz CT molecular complexity index is 1360. The van der Waals surface area contributed by atoms with Crippen LogP contribution in [0.15, 0.2) is 36.8 Å². The van der Waals surface area contributed by atoms with Crippen molar-refractivity contribution in [1.82, 2.24) is 29.4 Å². The number of imidazole rings is 1. The molecule has 182 valence electrons. The van der Waals surface area contributed by atoms with Gasteiger partial charge in [0, 0.05) is 38.4 Å². The van der Waals surface area contributed by atoms with E-state index in [0.29, 0.717) is 17.3 Å². The molecule has 0 amide bonds. The molecule has 1 unspecified atom stereocenters. The first kappa shape index (κ1) is 23.6. The number of hydrogen-bond acceptors (Lipinski definition) is 7. The molecule has 1 fully saturated rings. The SMILES string of the molecule is Cc1nc2c(F)cc(-c3cc(Nc4ncc(N5CCN(C)CC5)cn4)ncc3P)cc2n1C(C)C. The van der Waals surface area contributed by atoms with Gasteiger partial charge in [0.05, 0.1) is 23.6 Å². The zero-order valence-corrected chi connectivity index (χ0v) is 21.6. The Labute approximate surface area is 206 Å². The van der Waals surface area contributed by atoms with Crippen molar-refractivity contribution in [3.05, 3.63) is 48.4 Å². The summed E-state index contributed by atoms with van der Waals surface area (Å²) in [6.45, 7) is 10.0. The highest BCUT2D eigenvalue weighted by molar-refractivity contribution is 7.27. The van der Waals surface area contributed by atoms with Gasteiger partial charge in [0.15, 0.2) is 5.82 Å². The van der Waals surface area contributed by atoms with Gasteiger partial charge in [-0.1, -0.05) is 0 Å². The van der Waals surface area contributed by atoms with Crippen LogP contribution in [0, 0.1) is 12.7 Å². The fraction of sp³-hybridized carbons (Fsp3) is 0.360. The number of halogens is 1. The first-order chi connectivity index (χ1) is 16.8. The molecule has 1 aromatic carbocycles. The summed E-state index contributed by atoms with van der Waals surface area (Å²) in [5, 5.41) is 4.05. The third-order valence-electron chi connectivity index (χ3n) is 6.43. The third-order valence-corrected chi connectivity index (χ3v) is 6.89. The lowest BCUT2D eigenvalue weighted by molar-refractivity contribution is 0.312. The Balaban J connectivity index is 1.42. The predicted octanol–water partition coefficient (Wildman–Crippen LogP) is 3.91. The predicted molar refractivity (Wildman–Crippen MR) is 142 cm³/mol. The van der Waals surface area contributed by atoms with Crippen molar-refractivity contribution in [2.24, 2.45) is 0 Å². The lowest BCUT2D eigenvalue weighted by atomic mass is 10.1. The molecule has 0 aliphatic carbocycles. The van der Waals surface area contributed by atoms with Crippen LogP contribution in [-0.4, -0.2) is 62.6 Å². The topological polar surface area (TPSA) is 75.0 Å². The second kappa shape index (κ2) is 9.47. The minimum absolute atomic E-state index is 0.172. The number of benzene rings is 1. The zero-order valence-electron chi connectivity index (χ0n) is 20.5. The first-order valence-electron chi connectivity index (χ1n) is 11.8. The molecular formula is C25H30FN8P. The summed E-state index contributed by atoms with van der Waals surface area (Å²) in [4.78, 5) is 22.5. The van der Waals surface area contributed by atoms with E-state index >= 15 is 4.39 Å². The number of fused-ring (bicyclic) bond motifs is 1. The van der Waals surface area contributed by atoms with Gasteiger partial charge in [-0.25, -0.2) is 24.3 Å². The maximum absolute atomic E-state index is 15.0. The standard InChI is InChI=1S/C25H30FN8P/c1-15(2)34-16(3)30-24-20(26)9-17(10-21(24)34)19-11-23(27-14-22(19)35)31-25-28-12-18(13-29-25)33-7-5-32(4)6-8-33/h9-15H,5-8,35H2,1-4H3,(H,27,28,29,31). The van der Waals surface area contributed by atoms with Crippen LogP contribution in [0.4, 0.5) is 21.8 Å². The summed E-state index contributed by atoms with van der Waals surface area (Å²) < 4.78 is 17.1. The second-order valence-corrected chi connectivity index (χ2v) is 9.91. The molecule has 1 saturated heterocycles. The zero-order chi connectivity index (χ0) is 24.7. The molecule has 1 atom stereocenters. The number of nitrogens with one attached hydrogen (secondary N) is 1. The van der Waals surface area contributed by atoms with E-state index in [0.717, 1.165) is 59.6 Å². The lowest BCUT2D eigenvalue weighted by Gasteiger charge is -2.33. The average molecular weight is 493 g/mol. The van der Waals surface area contributed by atoms with Gasteiger partial charge in [0.25, 0.3) is 0 Å². The van der Waals surface area contributed by atoms with E-state index in [2.05, 4.69) is 69.8 Å². The highest BCUT2D eigenvalue weighted by atomic mass is 31.0. The fourth-order valence-corrected chi connectivity index (χ4v) is 4.91. The van der Waals surface area contributed by atoms with Crippen LogP contribution in [0.5, 0.6) is 0 Å². The molecular weight excluding hydrogens is 462 g/mol. The molecule has 1 N–H and O–H groups in total. The van der Waals surface area contributed by atoms with Gasteiger partial charge in [0.1, 0.15) is 17.2 Å². The summed E-state index contributed by atoms with van der Waals surface area (Å²) in [5.74, 6) is 1.52. The molecule has 0 bridgehead atoms.